The van der Waals surface area contributed by atoms with Crippen molar-refractivity contribution in [2.24, 2.45) is 0 Å². The van der Waals surface area contributed by atoms with E-state index in [1.807, 2.05) is 30.3 Å². The zero-order valence-electron chi connectivity index (χ0n) is 15.4. The Balaban J connectivity index is 1.72. The summed E-state index contributed by atoms with van der Waals surface area (Å²) in [6, 6.07) is 13.6. The summed E-state index contributed by atoms with van der Waals surface area (Å²) in [5.41, 5.74) is 3.42. The molecule has 1 saturated heterocycles. The van der Waals surface area contributed by atoms with Crippen molar-refractivity contribution in [1.29, 1.82) is 0 Å². The van der Waals surface area contributed by atoms with Crippen molar-refractivity contribution in [3.63, 3.8) is 0 Å². The minimum absolute atomic E-state index is 0.0493. The number of hydroxylamine groups is 1. The molecule has 0 atom stereocenters. The van der Waals surface area contributed by atoms with E-state index in [1.54, 1.807) is 0 Å². The second-order valence-corrected chi connectivity index (χ2v) is 8.98. The Hall–Kier alpha value is -1.93. The van der Waals surface area contributed by atoms with Gasteiger partial charge in [0.15, 0.2) is 0 Å². The fourth-order valence-corrected chi connectivity index (χ4v) is 5.10. The predicted octanol–water partition coefficient (Wildman–Crippen LogP) is 3.77. The average molecular weight is 423 g/mol. The molecule has 6 nitrogen and oxygen atoms in total. The molecule has 8 heteroatoms. The normalized spacial score (nSPS) is 15.8. The lowest BCUT2D eigenvalue weighted by atomic mass is 10.2. The van der Waals surface area contributed by atoms with Crippen molar-refractivity contribution in [1.82, 2.24) is 9.79 Å². The van der Waals surface area contributed by atoms with Gasteiger partial charge in [0.2, 0.25) is 10.0 Å². The van der Waals surface area contributed by atoms with Crippen LogP contribution in [0.2, 0.25) is 5.02 Å². The monoisotopic (exact) mass is 422 g/mol. The number of nitrogens with zero attached hydrogens (tertiary/aromatic N) is 1. The second kappa shape index (κ2) is 9.52. The molecule has 1 N–H and O–H groups in total. The highest BCUT2D eigenvalue weighted by atomic mass is 35.5. The third-order valence-electron chi connectivity index (χ3n) is 4.62. The minimum atomic E-state index is -3.75. The van der Waals surface area contributed by atoms with Gasteiger partial charge in [-0.05, 0) is 36.6 Å². The van der Waals surface area contributed by atoms with E-state index in [4.69, 9.17) is 16.4 Å². The topological polar surface area (TPSA) is 75.7 Å². The van der Waals surface area contributed by atoms with Crippen LogP contribution in [0.5, 0.6) is 0 Å². The van der Waals surface area contributed by atoms with Crippen molar-refractivity contribution in [3.8, 4) is 0 Å². The molecule has 2 aromatic carbocycles. The van der Waals surface area contributed by atoms with E-state index >= 15 is 0 Å². The molecule has 1 heterocycles. The minimum Gasteiger partial charge on any atom is -0.269 e. The smallest absolute Gasteiger partial charge is 0.269 e. The SMILES string of the molecule is O=C(NOCc1ccccc1)c1ccc(Cl)c(S(=O)(=O)N2CCCCCC2)c1. The molecule has 3 rings (SSSR count). The van der Waals surface area contributed by atoms with Gasteiger partial charge in [-0.15, -0.1) is 0 Å². The van der Waals surface area contributed by atoms with Gasteiger partial charge in [-0.3, -0.25) is 9.63 Å². The maximum absolute atomic E-state index is 13.0. The van der Waals surface area contributed by atoms with Gasteiger partial charge in [-0.2, -0.15) is 4.31 Å². The van der Waals surface area contributed by atoms with Crippen molar-refractivity contribution >= 4 is 27.5 Å². The van der Waals surface area contributed by atoms with Crippen molar-refractivity contribution < 1.29 is 18.0 Å². The highest BCUT2D eigenvalue weighted by molar-refractivity contribution is 7.89. The number of hydrogen-bond acceptors (Lipinski definition) is 4. The molecule has 0 bridgehead atoms. The molecule has 1 amide bonds. The Kier molecular flexibility index (Phi) is 7.07. The van der Waals surface area contributed by atoms with Crippen LogP contribution in [-0.4, -0.2) is 31.7 Å². The summed E-state index contributed by atoms with van der Waals surface area (Å²) in [6.07, 6.45) is 3.68. The summed E-state index contributed by atoms with van der Waals surface area (Å²) in [6.45, 7) is 1.14. The summed E-state index contributed by atoms with van der Waals surface area (Å²) in [5.74, 6) is -0.528. The third kappa shape index (κ3) is 5.11. The molecular weight excluding hydrogens is 400 g/mol. The average Bonchev–Trinajstić information content (AvgIpc) is 2.99. The molecule has 0 unspecified atom stereocenters. The van der Waals surface area contributed by atoms with E-state index in [1.165, 1.54) is 22.5 Å². The Labute approximate surface area is 170 Å². The van der Waals surface area contributed by atoms with Crippen LogP contribution < -0.4 is 5.48 Å². The van der Waals surface area contributed by atoms with Gasteiger partial charge in [0.05, 0.1) is 11.6 Å². The lowest BCUT2D eigenvalue weighted by molar-refractivity contribution is 0.0233. The molecule has 1 aliphatic rings. The lowest BCUT2D eigenvalue weighted by Crippen LogP contribution is -2.32. The maximum Gasteiger partial charge on any atom is 0.274 e. The number of carbonyl (C=O) groups is 1. The van der Waals surface area contributed by atoms with Crippen LogP contribution in [-0.2, 0) is 21.5 Å². The first-order chi connectivity index (χ1) is 13.5. The number of nitrogens with one attached hydrogen (secondary N) is 1. The van der Waals surface area contributed by atoms with Gasteiger partial charge in [0.25, 0.3) is 5.91 Å². The van der Waals surface area contributed by atoms with E-state index in [-0.39, 0.29) is 22.1 Å². The highest BCUT2D eigenvalue weighted by Gasteiger charge is 2.28. The van der Waals surface area contributed by atoms with E-state index < -0.39 is 15.9 Å². The molecule has 0 aliphatic carbocycles. The summed E-state index contributed by atoms with van der Waals surface area (Å²) in [4.78, 5) is 17.6. The van der Waals surface area contributed by atoms with Crippen LogP contribution in [0.25, 0.3) is 0 Å². The van der Waals surface area contributed by atoms with Crippen LogP contribution in [0.3, 0.4) is 0 Å². The molecule has 0 saturated carbocycles. The second-order valence-electron chi connectivity index (χ2n) is 6.67. The van der Waals surface area contributed by atoms with Gasteiger partial charge >= 0.3 is 0 Å². The fourth-order valence-electron chi connectivity index (χ4n) is 3.08. The van der Waals surface area contributed by atoms with E-state index in [0.717, 1.165) is 31.2 Å². The third-order valence-corrected chi connectivity index (χ3v) is 7.00. The number of carbonyl (C=O) groups excluding carboxylic acids is 1. The summed E-state index contributed by atoms with van der Waals surface area (Å²) >= 11 is 6.16. The molecule has 0 aromatic heterocycles. The zero-order chi connectivity index (χ0) is 20.0. The molecule has 28 heavy (non-hydrogen) atoms. The Morgan fingerprint density at radius 1 is 1.04 bits per heavy atom. The Bertz CT molecular complexity index is 911. The van der Waals surface area contributed by atoms with Gasteiger partial charge in [-0.1, -0.05) is 54.8 Å². The maximum atomic E-state index is 13.0. The van der Waals surface area contributed by atoms with Crippen LogP contribution in [0.1, 0.15) is 41.6 Å². The lowest BCUT2D eigenvalue weighted by Gasteiger charge is -2.21. The first-order valence-corrected chi connectivity index (χ1v) is 11.1. The molecule has 2 aromatic rings. The fraction of sp³-hybridized carbons (Fsp3) is 0.350. The van der Waals surface area contributed by atoms with Crippen LogP contribution >= 0.6 is 11.6 Å². The molecule has 1 aliphatic heterocycles. The van der Waals surface area contributed by atoms with Crippen molar-refractivity contribution in [3.05, 3.63) is 64.7 Å². The number of sulfonamides is 1. The van der Waals surface area contributed by atoms with Crippen molar-refractivity contribution in [2.75, 3.05) is 13.1 Å². The number of benzene rings is 2. The standard InChI is InChI=1S/C20H23ClN2O4S/c21-18-11-10-17(20(24)22-27-15-16-8-4-3-5-9-16)14-19(18)28(25,26)23-12-6-1-2-7-13-23/h3-5,8-11,14H,1-2,6-7,12-13,15H2,(H,22,24). The zero-order valence-corrected chi connectivity index (χ0v) is 17.0. The molecule has 150 valence electrons. The number of amides is 1. The van der Waals surface area contributed by atoms with Gasteiger partial charge in [0, 0.05) is 18.7 Å². The molecular formula is C20H23ClN2O4S. The van der Waals surface area contributed by atoms with E-state index in [0.29, 0.717) is 13.1 Å². The molecule has 1 fully saturated rings. The largest absolute Gasteiger partial charge is 0.274 e. The number of hydrogen-bond donors (Lipinski definition) is 1. The molecule has 0 radical (unpaired) electrons. The van der Waals surface area contributed by atoms with Gasteiger partial charge < -0.3 is 0 Å². The number of halogens is 1. The van der Waals surface area contributed by atoms with E-state index in [9.17, 15) is 13.2 Å². The first kappa shape index (κ1) is 20.8. The summed E-state index contributed by atoms with van der Waals surface area (Å²) in [5, 5.41) is 0.103. The van der Waals surface area contributed by atoms with E-state index in [2.05, 4.69) is 5.48 Å². The Morgan fingerprint density at radius 2 is 1.71 bits per heavy atom. The van der Waals surface area contributed by atoms with Gasteiger partial charge in [-0.25, -0.2) is 13.9 Å². The number of rotatable bonds is 6. The van der Waals surface area contributed by atoms with Crippen molar-refractivity contribution in [2.45, 2.75) is 37.2 Å². The van der Waals surface area contributed by atoms with Crippen LogP contribution in [0.15, 0.2) is 53.4 Å². The Morgan fingerprint density at radius 3 is 2.39 bits per heavy atom. The summed E-state index contributed by atoms with van der Waals surface area (Å²) < 4.78 is 27.5. The highest BCUT2D eigenvalue weighted by Crippen LogP contribution is 2.27. The summed E-state index contributed by atoms with van der Waals surface area (Å²) in [7, 11) is -3.75. The molecule has 0 spiro atoms. The first-order valence-electron chi connectivity index (χ1n) is 9.24. The predicted molar refractivity (Wildman–Crippen MR) is 107 cm³/mol. The van der Waals surface area contributed by atoms with Gasteiger partial charge in [0.1, 0.15) is 4.90 Å². The van der Waals surface area contributed by atoms with Crippen LogP contribution in [0.4, 0.5) is 0 Å². The quantitative estimate of drug-likeness (QED) is 0.719. The van der Waals surface area contributed by atoms with Crippen LogP contribution in [0, 0.1) is 0 Å².